The molecule has 0 saturated carbocycles. The van der Waals surface area contributed by atoms with Gasteiger partial charge in [-0.25, -0.2) is 4.98 Å². The average molecular weight is 637 g/mol. The summed E-state index contributed by atoms with van der Waals surface area (Å²) in [4.78, 5) is 7.36. The Balaban J connectivity index is 1.12. The number of thiazole rings is 1. The minimum absolute atomic E-state index is 1.06. The van der Waals surface area contributed by atoms with Crippen LogP contribution >= 0.6 is 22.7 Å². The van der Waals surface area contributed by atoms with Crippen LogP contribution in [0.4, 0.5) is 17.1 Å². The molecule has 47 heavy (non-hydrogen) atoms. The highest BCUT2D eigenvalue weighted by Crippen LogP contribution is 2.45. The molecule has 0 N–H and O–H groups in total. The Morgan fingerprint density at radius 3 is 1.72 bits per heavy atom. The molecule has 0 fully saturated rings. The molecule has 9 aromatic rings. The van der Waals surface area contributed by atoms with E-state index in [1.807, 2.05) is 11.3 Å². The summed E-state index contributed by atoms with van der Waals surface area (Å²) in [5, 5.41) is 3.65. The number of nitrogens with zero attached hydrogens (tertiary/aromatic N) is 2. The van der Waals surface area contributed by atoms with Gasteiger partial charge in [0.25, 0.3) is 0 Å². The fourth-order valence-electron chi connectivity index (χ4n) is 6.41. The second-order valence-corrected chi connectivity index (χ2v) is 13.7. The van der Waals surface area contributed by atoms with E-state index in [4.69, 9.17) is 4.98 Å². The first-order valence-electron chi connectivity index (χ1n) is 15.7. The number of para-hydroxylation sites is 1. The van der Waals surface area contributed by atoms with Gasteiger partial charge in [0.15, 0.2) is 0 Å². The molecule has 2 aromatic heterocycles. The van der Waals surface area contributed by atoms with Crippen molar-refractivity contribution in [2.24, 2.45) is 0 Å². The Morgan fingerprint density at radius 2 is 1.00 bits per heavy atom. The van der Waals surface area contributed by atoms with Crippen molar-refractivity contribution in [2.75, 3.05) is 4.90 Å². The largest absolute Gasteiger partial charge is 0.310 e. The Labute approximate surface area is 281 Å². The quantitative estimate of drug-likeness (QED) is 0.181. The van der Waals surface area contributed by atoms with Gasteiger partial charge in [-0.3, -0.25) is 0 Å². The molecule has 0 spiro atoms. The zero-order chi connectivity index (χ0) is 31.2. The first-order valence-corrected chi connectivity index (χ1v) is 17.3. The lowest BCUT2D eigenvalue weighted by atomic mass is 9.99. The molecular weight excluding hydrogens is 609 g/mol. The molecule has 0 aliphatic heterocycles. The van der Waals surface area contributed by atoms with Crippen molar-refractivity contribution >= 4 is 70.1 Å². The molecule has 0 bridgehead atoms. The summed E-state index contributed by atoms with van der Waals surface area (Å²) >= 11 is 3.64. The van der Waals surface area contributed by atoms with Crippen molar-refractivity contribution < 1.29 is 0 Å². The van der Waals surface area contributed by atoms with E-state index in [0.29, 0.717) is 0 Å². The van der Waals surface area contributed by atoms with Gasteiger partial charge in [0.1, 0.15) is 5.01 Å². The van der Waals surface area contributed by atoms with E-state index >= 15 is 0 Å². The molecule has 0 atom stereocenters. The third kappa shape index (κ3) is 5.08. The number of fused-ring (bicyclic) bond motifs is 5. The van der Waals surface area contributed by atoms with Gasteiger partial charge in [0.2, 0.25) is 0 Å². The van der Waals surface area contributed by atoms with Crippen LogP contribution in [-0.4, -0.2) is 4.98 Å². The predicted molar refractivity (Wildman–Crippen MR) is 203 cm³/mol. The highest BCUT2D eigenvalue weighted by molar-refractivity contribution is 7.28. The van der Waals surface area contributed by atoms with Crippen molar-refractivity contribution in [1.82, 2.24) is 4.98 Å². The zero-order valence-electron chi connectivity index (χ0n) is 25.4. The molecular formula is C43H28N2S2. The number of hydrogen-bond donors (Lipinski definition) is 0. The molecule has 7 aromatic carbocycles. The van der Waals surface area contributed by atoms with Crippen LogP contribution in [0.25, 0.3) is 63.2 Å². The summed E-state index contributed by atoms with van der Waals surface area (Å²) in [6, 6.07) is 60.7. The van der Waals surface area contributed by atoms with Gasteiger partial charge < -0.3 is 4.90 Å². The van der Waals surface area contributed by atoms with Crippen molar-refractivity contribution in [3.05, 3.63) is 170 Å². The summed E-state index contributed by atoms with van der Waals surface area (Å²) in [6.45, 7) is 0. The first kappa shape index (κ1) is 27.7. The lowest BCUT2D eigenvalue weighted by Crippen LogP contribution is -2.09. The van der Waals surface area contributed by atoms with Crippen LogP contribution in [0.15, 0.2) is 170 Å². The molecule has 9 rings (SSSR count). The fraction of sp³-hybridized carbons (Fsp3) is 0. The minimum atomic E-state index is 1.06. The van der Waals surface area contributed by atoms with Gasteiger partial charge in [-0.15, -0.1) is 22.7 Å². The third-order valence-electron chi connectivity index (χ3n) is 8.70. The summed E-state index contributed by atoms with van der Waals surface area (Å²) in [7, 11) is 0. The number of benzene rings is 7. The van der Waals surface area contributed by atoms with Crippen molar-refractivity contribution in [3.8, 4) is 32.8 Å². The van der Waals surface area contributed by atoms with Gasteiger partial charge in [0.05, 0.1) is 10.2 Å². The van der Waals surface area contributed by atoms with Crippen molar-refractivity contribution in [3.63, 3.8) is 0 Å². The lowest BCUT2D eigenvalue weighted by molar-refractivity contribution is 1.29. The summed E-state index contributed by atoms with van der Waals surface area (Å²) in [5.41, 5.74) is 10.5. The Bertz CT molecular complexity index is 2500. The molecule has 0 aliphatic carbocycles. The summed E-state index contributed by atoms with van der Waals surface area (Å²) < 4.78 is 3.82. The lowest BCUT2D eigenvalue weighted by Gasteiger charge is -2.25. The van der Waals surface area contributed by atoms with Gasteiger partial charge >= 0.3 is 0 Å². The summed E-state index contributed by atoms with van der Waals surface area (Å²) in [5.74, 6) is 0. The molecule has 0 unspecified atom stereocenters. The summed E-state index contributed by atoms with van der Waals surface area (Å²) in [6.07, 6.45) is 0. The molecule has 0 amide bonds. The van der Waals surface area contributed by atoms with Gasteiger partial charge in [-0.1, -0.05) is 115 Å². The van der Waals surface area contributed by atoms with E-state index < -0.39 is 0 Å². The van der Waals surface area contributed by atoms with Gasteiger partial charge in [-0.05, 0) is 76.9 Å². The van der Waals surface area contributed by atoms with Crippen molar-refractivity contribution in [1.29, 1.82) is 0 Å². The molecule has 2 heterocycles. The van der Waals surface area contributed by atoms with E-state index in [2.05, 4.69) is 175 Å². The highest BCUT2D eigenvalue weighted by atomic mass is 32.1. The van der Waals surface area contributed by atoms with Crippen LogP contribution in [0.5, 0.6) is 0 Å². The van der Waals surface area contributed by atoms with Crippen LogP contribution in [0.2, 0.25) is 0 Å². The van der Waals surface area contributed by atoms with Crippen LogP contribution in [-0.2, 0) is 0 Å². The maximum atomic E-state index is 5.01. The second kappa shape index (κ2) is 11.7. The third-order valence-corrected chi connectivity index (χ3v) is 11.0. The number of aromatic nitrogens is 1. The average Bonchev–Trinajstić information content (AvgIpc) is 3.75. The normalized spacial score (nSPS) is 11.4. The molecule has 0 saturated heterocycles. The fourth-order valence-corrected chi connectivity index (χ4v) is 8.76. The molecule has 222 valence electrons. The smallest absolute Gasteiger partial charge is 0.124 e. The molecule has 0 aliphatic rings. The van der Waals surface area contributed by atoms with E-state index in [0.717, 1.165) is 33.1 Å². The van der Waals surface area contributed by atoms with Crippen LogP contribution in [0.3, 0.4) is 0 Å². The number of hydrogen-bond acceptors (Lipinski definition) is 4. The molecule has 2 nitrogen and oxygen atoms in total. The maximum absolute atomic E-state index is 5.01. The Hall–Kier alpha value is -5.55. The topological polar surface area (TPSA) is 16.1 Å². The Kier molecular flexibility index (Phi) is 6.89. The second-order valence-electron chi connectivity index (χ2n) is 11.6. The van der Waals surface area contributed by atoms with Crippen molar-refractivity contribution in [2.45, 2.75) is 0 Å². The Morgan fingerprint density at radius 1 is 0.404 bits per heavy atom. The van der Waals surface area contributed by atoms with Crippen LogP contribution < -0.4 is 4.90 Å². The SMILES string of the molecule is c1ccc(-c2cccc(-c3ccc(N(c4ccccc4)c4ccc5c(c4)sc4ccc6nc(-c7ccccc7)sc6c45)cc3)c2)cc1. The standard InChI is InChI=1S/C43H28N2S2/c1-4-11-29(12-5-1)32-15-10-16-33(27-32)30-19-21-35(22-20-30)45(34-17-8-3-9-18-34)36-23-24-37-40(28-36)46-39-26-25-38-42(41(37)39)47-43(44-38)31-13-6-2-7-14-31/h1-28H. The minimum Gasteiger partial charge on any atom is -0.310 e. The van der Waals surface area contributed by atoms with E-state index in [1.54, 1.807) is 11.3 Å². The number of rotatable bonds is 6. The highest BCUT2D eigenvalue weighted by Gasteiger charge is 2.17. The van der Waals surface area contributed by atoms with Gasteiger partial charge in [0, 0.05) is 42.8 Å². The monoisotopic (exact) mass is 636 g/mol. The first-order chi connectivity index (χ1) is 23.3. The predicted octanol–water partition coefficient (Wildman–Crippen LogP) is 13.1. The van der Waals surface area contributed by atoms with E-state index in [9.17, 15) is 0 Å². The van der Waals surface area contributed by atoms with Crippen LogP contribution in [0, 0.1) is 0 Å². The van der Waals surface area contributed by atoms with Crippen LogP contribution in [0.1, 0.15) is 0 Å². The molecule has 4 heteroatoms. The van der Waals surface area contributed by atoms with Gasteiger partial charge in [-0.2, -0.15) is 0 Å². The zero-order valence-corrected chi connectivity index (χ0v) is 27.0. The maximum Gasteiger partial charge on any atom is 0.124 e. The number of anilines is 3. The molecule has 0 radical (unpaired) electrons. The van der Waals surface area contributed by atoms with E-state index in [-0.39, 0.29) is 0 Å². The van der Waals surface area contributed by atoms with E-state index in [1.165, 1.54) is 47.1 Å². The number of thiophene rings is 1.